The van der Waals surface area contributed by atoms with Crippen LogP contribution in [0.25, 0.3) is 0 Å². The minimum Gasteiger partial charge on any atom is -0.466 e. The Balaban J connectivity index is 3.37. The van der Waals surface area contributed by atoms with Gasteiger partial charge in [0.2, 0.25) is 0 Å². The van der Waals surface area contributed by atoms with Crippen LogP contribution in [0.4, 0.5) is 0 Å². The molecule has 72 valence electrons. The fraction of sp³-hybridized carbons (Fsp3) is 0.857. The summed E-state index contributed by atoms with van der Waals surface area (Å²) in [5, 5.41) is 9.88. The number of carbonyl (C=O) groups excluding carboxylic acids is 1. The fourth-order valence-corrected chi connectivity index (χ4v) is 1.19. The molecule has 1 unspecified atom stereocenters. The Bertz CT molecular complexity index is 148. The van der Waals surface area contributed by atoms with Crippen molar-refractivity contribution in [3.63, 3.8) is 0 Å². The van der Waals surface area contributed by atoms with Gasteiger partial charge < -0.3 is 9.84 Å². The third kappa shape index (κ3) is 7.06. The average molecular weight is 304 g/mol. The molecule has 0 aromatic heterocycles. The Hall–Kier alpha value is 0.390. The molecular formula is C7H12Br2O3. The van der Waals surface area contributed by atoms with Crippen LogP contribution in [-0.2, 0) is 9.53 Å². The minimum absolute atomic E-state index is 0.285. The first-order valence-electron chi connectivity index (χ1n) is 3.58. The highest BCUT2D eigenvalue weighted by Gasteiger charge is 2.19. The van der Waals surface area contributed by atoms with Crippen molar-refractivity contribution in [3.05, 3.63) is 0 Å². The number of carbonyl (C=O) groups is 1. The number of aliphatic hydroxyl groups is 1. The van der Waals surface area contributed by atoms with Gasteiger partial charge in [-0.25, -0.2) is 0 Å². The van der Waals surface area contributed by atoms with Crippen LogP contribution in [0.15, 0.2) is 0 Å². The Kier molecular flexibility index (Phi) is 6.13. The van der Waals surface area contributed by atoms with Crippen molar-refractivity contribution in [2.75, 3.05) is 11.9 Å². The number of halogens is 2. The Morgan fingerprint density at radius 2 is 2.25 bits per heavy atom. The molecule has 0 spiro atoms. The van der Waals surface area contributed by atoms with Crippen molar-refractivity contribution in [1.29, 1.82) is 0 Å². The third-order valence-corrected chi connectivity index (χ3v) is 3.57. The van der Waals surface area contributed by atoms with Gasteiger partial charge in [0, 0.05) is 12.3 Å². The molecule has 1 atom stereocenters. The fourth-order valence-electron chi connectivity index (χ4n) is 0.626. The van der Waals surface area contributed by atoms with Crippen LogP contribution in [0.1, 0.15) is 19.8 Å². The zero-order valence-electron chi connectivity index (χ0n) is 6.85. The summed E-state index contributed by atoms with van der Waals surface area (Å²) in [4.78, 5) is 10.3. The second-order valence-electron chi connectivity index (χ2n) is 2.50. The molecule has 1 N–H and O–H groups in total. The van der Waals surface area contributed by atoms with Gasteiger partial charge in [-0.15, -0.1) is 0 Å². The average Bonchev–Trinajstić information content (AvgIpc) is 1.98. The van der Waals surface area contributed by atoms with Crippen molar-refractivity contribution in [1.82, 2.24) is 0 Å². The van der Waals surface area contributed by atoms with Gasteiger partial charge in [0.05, 0.1) is 6.61 Å². The monoisotopic (exact) mass is 302 g/mol. The first-order chi connectivity index (χ1) is 5.48. The Morgan fingerprint density at radius 1 is 1.67 bits per heavy atom. The molecule has 0 aromatic rings. The summed E-state index contributed by atoms with van der Waals surface area (Å²) in [6.45, 7) is 1.72. The number of hydrogen-bond acceptors (Lipinski definition) is 3. The minimum atomic E-state index is -0.882. The highest BCUT2D eigenvalue weighted by molar-refractivity contribution is 9.12. The smallest absolute Gasteiger partial charge is 0.302 e. The largest absolute Gasteiger partial charge is 0.466 e. The Labute approximate surface area is 88.7 Å². The highest BCUT2D eigenvalue weighted by atomic mass is 79.9. The predicted octanol–water partition coefficient (Wildman–Crippen LogP) is 1.81. The molecule has 3 nitrogen and oxygen atoms in total. The van der Waals surface area contributed by atoms with Gasteiger partial charge in [-0.05, 0) is 12.8 Å². The summed E-state index contributed by atoms with van der Waals surface area (Å²) in [7, 11) is 0. The molecule has 0 radical (unpaired) electrons. The molecular weight excluding hydrogens is 292 g/mol. The summed E-state index contributed by atoms with van der Waals surface area (Å²) in [6, 6.07) is 0. The van der Waals surface area contributed by atoms with E-state index < -0.39 is 4.51 Å². The Morgan fingerprint density at radius 3 is 2.67 bits per heavy atom. The SMILES string of the molecule is CC(=O)OCCCC(O)(Br)CBr. The molecule has 0 bridgehead atoms. The first-order valence-corrected chi connectivity index (χ1v) is 5.50. The third-order valence-electron chi connectivity index (χ3n) is 1.21. The van der Waals surface area contributed by atoms with Crippen LogP contribution >= 0.6 is 31.9 Å². The maximum absolute atomic E-state index is 10.3. The van der Waals surface area contributed by atoms with E-state index in [2.05, 4.69) is 31.9 Å². The molecule has 0 rings (SSSR count). The molecule has 12 heavy (non-hydrogen) atoms. The van der Waals surface area contributed by atoms with E-state index in [1.807, 2.05) is 0 Å². The van der Waals surface area contributed by atoms with E-state index in [0.717, 1.165) is 0 Å². The van der Waals surface area contributed by atoms with Crippen LogP contribution in [0, 0.1) is 0 Å². The van der Waals surface area contributed by atoms with Crippen molar-refractivity contribution in [2.45, 2.75) is 24.3 Å². The summed E-state index contributed by atoms with van der Waals surface area (Å²) in [5.41, 5.74) is 0. The van der Waals surface area contributed by atoms with Gasteiger partial charge in [0.25, 0.3) is 0 Å². The van der Waals surface area contributed by atoms with Gasteiger partial charge in [0.15, 0.2) is 0 Å². The van der Waals surface area contributed by atoms with E-state index in [-0.39, 0.29) is 5.97 Å². The number of ether oxygens (including phenoxy) is 1. The van der Waals surface area contributed by atoms with E-state index in [1.165, 1.54) is 6.92 Å². The second kappa shape index (κ2) is 5.94. The normalized spacial score (nSPS) is 15.3. The molecule has 5 heteroatoms. The van der Waals surface area contributed by atoms with Gasteiger partial charge in [-0.2, -0.15) is 0 Å². The van der Waals surface area contributed by atoms with Crippen molar-refractivity contribution < 1.29 is 14.6 Å². The van der Waals surface area contributed by atoms with Crippen LogP contribution in [0.5, 0.6) is 0 Å². The lowest BCUT2D eigenvalue weighted by Crippen LogP contribution is -2.22. The highest BCUT2D eigenvalue weighted by Crippen LogP contribution is 2.22. The number of hydrogen-bond donors (Lipinski definition) is 1. The van der Waals surface area contributed by atoms with Crippen LogP contribution in [0.2, 0.25) is 0 Å². The quantitative estimate of drug-likeness (QED) is 0.479. The number of rotatable bonds is 5. The van der Waals surface area contributed by atoms with E-state index in [9.17, 15) is 9.90 Å². The van der Waals surface area contributed by atoms with Gasteiger partial charge in [-0.3, -0.25) is 4.79 Å². The lowest BCUT2D eigenvalue weighted by Gasteiger charge is -2.17. The van der Waals surface area contributed by atoms with Crippen LogP contribution in [-0.4, -0.2) is 27.5 Å². The van der Waals surface area contributed by atoms with E-state index in [4.69, 9.17) is 4.74 Å². The molecule has 0 saturated carbocycles. The maximum Gasteiger partial charge on any atom is 0.302 e. The molecule has 0 amide bonds. The maximum atomic E-state index is 10.3. The van der Waals surface area contributed by atoms with E-state index >= 15 is 0 Å². The summed E-state index contributed by atoms with van der Waals surface area (Å²) in [5.74, 6) is -0.285. The number of esters is 1. The molecule has 0 fully saturated rings. The van der Waals surface area contributed by atoms with E-state index in [0.29, 0.717) is 24.8 Å². The van der Waals surface area contributed by atoms with Crippen molar-refractivity contribution in [3.8, 4) is 0 Å². The zero-order valence-corrected chi connectivity index (χ0v) is 10.0. The topological polar surface area (TPSA) is 46.5 Å². The van der Waals surface area contributed by atoms with Gasteiger partial charge >= 0.3 is 5.97 Å². The lowest BCUT2D eigenvalue weighted by atomic mass is 10.2. The first kappa shape index (κ1) is 12.4. The molecule has 0 heterocycles. The van der Waals surface area contributed by atoms with E-state index in [1.54, 1.807) is 0 Å². The molecule has 0 aliphatic heterocycles. The predicted molar refractivity (Wildman–Crippen MR) is 53.5 cm³/mol. The van der Waals surface area contributed by atoms with Gasteiger partial charge in [0.1, 0.15) is 4.51 Å². The second-order valence-corrected chi connectivity index (χ2v) is 4.53. The summed E-state index contributed by atoms with van der Waals surface area (Å²) < 4.78 is 3.81. The van der Waals surface area contributed by atoms with Crippen molar-refractivity contribution >= 4 is 37.8 Å². The van der Waals surface area contributed by atoms with Crippen LogP contribution < -0.4 is 0 Å². The molecule has 0 aromatic carbocycles. The van der Waals surface area contributed by atoms with Crippen molar-refractivity contribution in [2.24, 2.45) is 0 Å². The molecule has 0 aliphatic rings. The number of alkyl halides is 2. The summed E-state index contributed by atoms with van der Waals surface area (Å²) >= 11 is 6.26. The molecule has 0 aliphatic carbocycles. The van der Waals surface area contributed by atoms with Gasteiger partial charge in [-0.1, -0.05) is 31.9 Å². The molecule has 0 saturated heterocycles. The zero-order chi connectivity index (χ0) is 9.61. The standard InChI is InChI=1S/C7H12Br2O3/c1-6(10)12-4-2-3-7(9,11)5-8/h11H,2-5H2,1H3. The lowest BCUT2D eigenvalue weighted by molar-refractivity contribution is -0.141. The summed E-state index contributed by atoms with van der Waals surface area (Å²) in [6.07, 6.45) is 1.19. The van der Waals surface area contributed by atoms with Crippen LogP contribution in [0.3, 0.4) is 0 Å².